The number of nitrogens with zero attached hydrogens (tertiary/aromatic N) is 2. The highest BCUT2D eigenvalue weighted by molar-refractivity contribution is 7.20. The number of fused-ring (bicyclic) bond motifs is 1. The highest BCUT2D eigenvalue weighted by atomic mass is 32.1. The van der Waals surface area contributed by atoms with Crippen LogP contribution in [0.4, 0.5) is 4.39 Å². The van der Waals surface area contributed by atoms with Gasteiger partial charge in [-0.05, 0) is 30.2 Å². The zero-order chi connectivity index (χ0) is 16.6. The maximum Gasteiger partial charge on any atom is 0.346 e. The molecule has 2 aromatic heterocycles. The molecule has 0 amide bonds. The number of nitrogens with one attached hydrogen (secondary N) is 1. The van der Waals surface area contributed by atoms with Gasteiger partial charge < -0.3 is 10.5 Å². The number of hydrogen-bond acceptors (Lipinski definition) is 5. The number of aryl methyl sites for hydroxylation is 1. The molecule has 0 unspecified atom stereocenters. The van der Waals surface area contributed by atoms with E-state index in [4.69, 9.17) is 5.11 Å². The van der Waals surface area contributed by atoms with Crippen molar-refractivity contribution in [2.24, 2.45) is 0 Å². The van der Waals surface area contributed by atoms with E-state index in [2.05, 4.69) is 10.4 Å². The molecule has 0 spiro atoms. The molecule has 3 rings (SSSR count). The predicted octanol–water partition coefficient (Wildman–Crippen LogP) is 2.35. The molecule has 2 heterocycles. The first kappa shape index (κ1) is 15.2. The first-order valence-electron chi connectivity index (χ1n) is 6.69. The molecule has 0 saturated carbocycles. The lowest BCUT2D eigenvalue weighted by Gasteiger charge is -2.09. The third-order valence-corrected chi connectivity index (χ3v) is 4.60. The number of aromatic nitrogens is 2. The minimum Gasteiger partial charge on any atom is -0.477 e. The average Bonchev–Trinajstić information content (AvgIpc) is 2.86. The van der Waals surface area contributed by atoms with Crippen LogP contribution in [0.3, 0.4) is 0 Å². The summed E-state index contributed by atoms with van der Waals surface area (Å²) in [6, 6.07) is 5.89. The fourth-order valence-electron chi connectivity index (χ4n) is 2.22. The van der Waals surface area contributed by atoms with Gasteiger partial charge >= 0.3 is 5.97 Å². The third-order valence-electron chi connectivity index (χ3n) is 3.41. The van der Waals surface area contributed by atoms with Crippen LogP contribution in [-0.4, -0.2) is 20.7 Å². The lowest BCUT2D eigenvalue weighted by molar-refractivity contribution is 0.0701. The maximum atomic E-state index is 12.9. The summed E-state index contributed by atoms with van der Waals surface area (Å²) in [5.41, 5.74) is 3.73. The van der Waals surface area contributed by atoms with Crippen LogP contribution >= 0.6 is 11.3 Å². The number of halogens is 1. The Kier molecular flexibility index (Phi) is 3.83. The van der Waals surface area contributed by atoms with Gasteiger partial charge in [0.05, 0.1) is 11.9 Å². The molecule has 0 aliphatic carbocycles. The fourth-order valence-corrected chi connectivity index (χ4v) is 3.20. The van der Waals surface area contributed by atoms with Crippen molar-refractivity contribution in [1.82, 2.24) is 9.66 Å². The Balaban J connectivity index is 1.94. The van der Waals surface area contributed by atoms with Crippen molar-refractivity contribution in [3.05, 3.63) is 62.8 Å². The second-order valence-corrected chi connectivity index (χ2v) is 5.92. The van der Waals surface area contributed by atoms with E-state index < -0.39 is 5.97 Å². The Bertz CT molecular complexity index is 947. The Morgan fingerprint density at radius 3 is 2.74 bits per heavy atom. The van der Waals surface area contributed by atoms with Gasteiger partial charge in [-0.2, -0.15) is 0 Å². The van der Waals surface area contributed by atoms with Crippen molar-refractivity contribution in [3.63, 3.8) is 0 Å². The molecular weight excluding hydrogens is 321 g/mol. The van der Waals surface area contributed by atoms with E-state index in [1.165, 1.54) is 23.1 Å². The van der Waals surface area contributed by atoms with Crippen molar-refractivity contribution in [2.45, 2.75) is 13.5 Å². The summed E-state index contributed by atoms with van der Waals surface area (Å²) in [7, 11) is 0. The molecule has 0 atom stereocenters. The van der Waals surface area contributed by atoms with Crippen LogP contribution in [0, 0.1) is 12.7 Å². The summed E-state index contributed by atoms with van der Waals surface area (Å²) < 4.78 is 14.1. The van der Waals surface area contributed by atoms with E-state index in [0.29, 0.717) is 22.3 Å². The zero-order valence-electron chi connectivity index (χ0n) is 12.0. The molecular formula is C15H12FN3O3S. The molecule has 0 aliphatic rings. The molecule has 118 valence electrons. The number of carboxylic acids is 1. The number of carboxylic acid groups (broad SMARTS) is 1. The molecule has 8 heteroatoms. The Morgan fingerprint density at radius 1 is 1.39 bits per heavy atom. The van der Waals surface area contributed by atoms with Gasteiger partial charge in [-0.3, -0.25) is 4.79 Å². The highest BCUT2D eigenvalue weighted by Gasteiger charge is 2.18. The van der Waals surface area contributed by atoms with E-state index >= 15 is 0 Å². The van der Waals surface area contributed by atoms with Crippen LogP contribution in [0.1, 0.15) is 20.8 Å². The summed E-state index contributed by atoms with van der Waals surface area (Å²) in [6.07, 6.45) is 1.32. The van der Waals surface area contributed by atoms with Crippen LogP contribution in [0.2, 0.25) is 0 Å². The largest absolute Gasteiger partial charge is 0.477 e. The van der Waals surface area contributed by atoms with Crippen LogP contribution in [-0.2, 0) is 6.54 Å². The summed E-state index contributed by atoms with van der Waals surface area (Å²) in [4.78, 5) is 28.3. The number of thiophene rings is 1. The maximum absolute atomic E-state index is 12.9. The van der Waals surface area contributed by atoms with Crippen LogP contribution in [0.25, 0.3) is 10.2 Å². The molecule has 3 aromatic rings. The van der Waals surface area contributed by atoms with Crippen LogP contribution < -0.4 is 11.0 Å². The lowest BCUT2D eigenvalue weighted by atomic mass is 10.2. The summed E-state index contributed by atoms with van der Waals surface area (Å²) in [6.45, 7) is 1.90. The molecule has 23 heavy (non-hydrogen) atoms. The van der Waals surface area contributed by atoms with Crippen molar-refractivity contribution in [3.8, 4) is 0 Å². The fraction of sp³-hybridized carbons (Fsp3) is 0.133. The van der Waals surface area contributed by atoms with E-state index in [-0.39, 0.29) is 16.3 Å². The monoisotopic (exact) mass is 333 g/mol. The molecule has 0 radical (unpaired) electrons. The second-order valence-electron chi connectivity index (χ2n) is 4.92. The highest BCUT2D eigenvalue weighted by Crippen LogP contribution is 2.26. The zero-order valence-corrected chi connectivity index (χ0v) is 12.9. The molecule has 1 aromatic carbocycles. The summed E-state index contributed by atoms with van der Waals surface area (Å²) >= 11 is 0.978. The molecule has 0 bridgehead atoms. The molecule has 0 aliphatic heterocycles. The van der Waals surface area contributed by atoms with Gasteiger partial charge in [-0.1, -0.05) is 12.1 Å². The van der Waals surface area contributed by atoms with Gasteiger partial charge in [-0.25, -0.2) is 18.8 Å². The predicted molar refractivity (Wildman–Crippen MR) is 85.0 cm³/mol. The van der Waals surface area contributed by atoms with Gasteiger partial charge in [0.15, 0.2) is 0 Å². The van der Waals surface area contributed by atoms with Gasteiger partial charge in [0.1, 0.15) is 21.9 Å². The average molecular weight is 333 g/mol. The molecule has 0 fully saturated rings. The molecule has 0 saturated heterocycles. The normalized spacial score (nSPS) is 10.9. The minimum atomic E-state index is -1.07. The van der Waals surface area contributed by atoms with Crippen molar-refractivity contribution >= 4 is 27.5 Å². The molecule has 2 N–H and O–H groups in total. The molecule has 6 nitrogen and oxygen atoms in total. The Morgan fingerprint density at radius 2 is 2.09 bits per heavy atom. The summed E-state index contributed by atoms with van der Waals surface area (Å²) in [5, 5.41) is 9.42. The van der Waals surface area contributed by atoms with Gasteiger partial charge in [0.25, 0.3) is 5.56 Å². The first-order chi connectivity index (χ1) is 11.0. The van der Waals surface area contributed by atoms with Crippen LogP contribution in [0.5, 0.6) is 0 Å². The van der Waals surface area contributed by atoms with E-state index in [1.54, 1.807) is 19.1 Å². The third kappa shape index (κ3) is 2.80. The quantitative estimate of drug-likeness (QED) is 0.766. The van der Waals surface area contributed by atoms with E-state index in [9.17, 15) is 14.0 Å². The van der Waals surface area contributed by atoms with Crippen molar-refractivity contribution in [1.29, 1.82) is 0 Å². The smallest absolute Gasteiger partial charge is 0.346 e. The topological polar surface area (TPSA) is 84.2 Å². The Labute approximate surface area is 133 Å². The number of hydrogen-bond donors (Lipinski definition) is 2. The lowest BCUT2D eigenvalue weighted by Crippen LogP contribution is -2.28. The van der Waals surface area contributed by atoms with Gasteiger partial charge in [-0.15, -0.1) is 11.3 Å². The number of benzene rings is 1. The number of aromatic carboxylic acids is 1. The van der Waals surface area contributed by atoms with Gasteiger partial charge in [0, 0.05) is 0 Å². The van der Waals surface area contributed by atoms with Crippen LogP contribution in [0.15, 0.2) is 35.4 Å². The van der Waals surface area contributed by atoms with E-state index in [1.807, 2.05) is 0 Å². The Hall–Kier alpha value is -2.74. The summed E-state index contributed by atoms with van der Waals surface area (Å²) in [5.74, 6) is -1.40. The second kappa shape index (κ2) is 5.81. The van der Waals surface area contributed by atoms with Crippen molar-refractivity contribution < 1.29 is 14.3 Å². The first-order valence-corrected chi connectivity index (χ1v) is 7.51. The minimum absolute atomic E-state index is 0.112. The standard InChI is InChI=1S/C15H12FN3O3S/c1-8-11-13(23-12(8)15(21)22)17-7-19(14(11)20)18-6-9-2-4-10(16)5-3-9/h2-5,7,18H,6H2,1H3,(H,21,22). The number of carbonyl (C=O) groups is 1. The van der Waals surface area contributed by atoms with E-state index in [0.717, 1.165) is 16.9 Å². The SMILES string of the molecule is Cc1c(C(=O)O)sc2ncn(NCc3ccc(F)cc3)c(=O)c12. The van der Waals surface area contributed by atoms with Gasteiger partial charge in [0.2, 0.25) is 0 Å². The number of rotatable bonds is 4. The van der Waals surface area contributed by atoms with Crippen molar-refractivity contribution in [2.75, 3.05) is 5.43 Å².